The van der Waals surface area contributed by atoms with Crippen LogP contribution in [0.4, 0.5) is 0 Å². The van der Waals surface area contributed by atoms with Gasteiger partial charge in [0.05, 0.1) is 18.8 Å². The number of aliphatic hydroxyl groups excluding tert-OH is 2. The summed E-state index contributed by atoms with van der Waals surface area (Å²) in [7, 11) is 0. The van der Waals surface area contributed by atoms with Crippen molar-refractivity contribution in [1.82, 2.24) is 5.32 Å². The van der Waals surface area contributed by atoms with Crippen LogP contribution in [0.1, 0.15) is 200 Å². The predicted molar refractivity (Wildman–Crippen MR) is 253 cm³/mol. The first-order chi connectivity index (χ1) is 28.2. The van der Waals surface area contributed by atoms with E-state index in [1.54, 1.807) is 6.08 Å². The average Bonchev–Trinajstić information content (AvgIpc) is 3.22. The zero-order valence-corrected chi connectivity index (χ0v) is 37.1. The summed E-state index contributed by atoms with van der Waals surface area (Å²) in [6.07, 6.45) is 72.0. The standard InChI is InChI=1S/C53H89NO3/c1-3-5-7-9-11-13-15-17-19-21-23-25-27-29-31-33-35-37-39-41-43-45-47-49-53(57)54-51(50-55)52(56)48-46-44-42-40-38-36-34-32-30-28-26-24-22-20-18-16-14-12-10-8-6-4-2/h5,7,11,13,17,19,23,25,29-32,35,37-38,40,46,48,51-52,55-56H,3-4,6,8-10,12,14-16,18,20-22,24,26-28,33-34,36,39,41-45,47,49-50H2,1-2H3,(H,54,57)/b7-5-,13-11-,19-17-,25-23-,31-29-,32-30+,37-35-,40-38+,48-46+. The van der Waals surface area contributed by atoms with Crippen molar-refractivity contribution in [2.75, 3.05) is 6.61 Å². The molecule has 1 amide bonds. The van der Waals surface area contributed by atoms with Gasteiger partial charge >= 0.3 is 0 Å². The maximum absolute atomic E-state index is 12.4. The number of carbonyl (C=O) groups is 1. The Morgan fingerprint density at radius 3 is 1.23 bits per heavy atom. The second-order valence-electron chi connectivity index (χ2n) is 15.4. The molecule has 0 aromatic rings. The summed E-state index contributed by atoms with van der Waals surface area (Å²) in [4.78, 5) is 12.4. The van der Waals surface area contributed by atoms with E-state index in [2.05, 4.69) is 116 Å². The minimum Gasteiger partial charge on any atom is -0.394 e. The molecule has 4 heteroatoms. The lowest BCUT2D eigenvalue weighted by molar-refractivity contribution is -0.123. The van der Waals surface area contributed by atoms with Crippen LogP contribution in [-0.2, 0) is 4.79 Å². The van der Waals surface area contributed by atoms with Crippen molar-refractivity contribution in [2.24, 2.45) is 0 Å². The lowest BCUT2D eigenvalue weighted by atomic mass is 10.0. The van der Waals surface area contributed by atoms with Gasteiger partial charge in [0, 0.05) is 6.42 Å². The van der Waals surface area contributed by atoms with Gasteiger partial charge in [-0.2, -0.15) is 0 Å². The van der Waals surface area contributed by atoms with E-state index >= 15 is 0 Å². The highest BCUT2D eigenvalue weighted by atomic mass is 16.3. The largest absolute Gasteiger partial charge is 0.394 e. The Hall–Kier alpha value is -2.95. The second kappa shape index (κ2) is 47.4. The maximum atomic E-state index is 12.4. The molecule has 0 aliphatic heterocycles. The van der Waals surface area contributed by atoms with Crippen molar-refractivity contribution in [1.29, 1.82) is 0 Å². The highest BCUT2D eigenvalue weighted by molar-refractivity contribution is 5.76. The molecule has 0 aromatic heterocycles. The topological polar surface area (TPSA) is 69.6 Å². The molecular formula is C53H89NO3. The molecule has 0 saturated carbocycles. The number of unbranched alkanes of at least 4 members (excludes halogenated alkanes) is 18. The molecule has 0 rings (SSSR count). The molecule has 0 aromatic carbocycles. The summed E-state index contributed by atoms with van der Waals surface area (Å²) in [6, 6.07) is -0.668. The Kier molecular flexibility index (Phi) is 45.0. The Balaban J connectivity index is 3.74. The van der Waals surface area contributed by atoms with Crippen LogP contribution in [0.5, 0.6) is 0 Å². The lowest BCUT2D eigenvalue weighted by Gasteiger charge is -2.19. The van der Waals surface area contributed by atoms with Gasteiger partial charge in [0.15, 0.2) is 0 Å². The van der Waals surface area contributed by atoms with E-state index in [0.717, 1.165) is 96.3 Å². The molecule has 0 aliphatic carbocycles. The molecule has 4 nitrogen and oxygen atoms in total. The van der Waals surface area contributed by atoms with Crippen molar-refractivity contribution >= 4 is 5.91 Å². The van der Waals surface area contributed by atoms with E-state index in [4.69, 9.17) is 0 Å². The summed E-state index contributed by atoms with van der Waals surface area (Å²) in [5.41, 5.74) is 0. The van der Waals surface area contributed by atoms with Crippen molar-refractivity contribution in [3.8, 4) is 0 Å². The van der Waals surface area contributed by atoms with Gasteiger partial charge in [-0.1, -0.05) is 207 Å². The van der Waals surface area contributed by atoms with Crippen LogP contribution >= 0.6 is 0 Å². The normalized spacial score (nSPS) is 14.0. The summed E-state index contributed by atoms with van der Waals surface area (Å²) in [6.45, 7) is 4.16. The molecule has 0 bridgehead atoms. The molecule has 0 aliphatic rings. The third-order valence-electron chi connectivity index (χ3n) is 9.97. The maximum Gasteiger partial charge on any atom is 0.220 e. The molecule has 2 unspecified atom stereocenters. The average molecular weight is 788 g/mol. The van der Waals surface area contributed by atoms with Gasteiger partial charge in [0.2, 0.25) is 5.91 Å². The monoisotopic (exact) mass is 788 g/mol. The number of amides is 1. The fourth-order valence-electron chi connectivity index (χ4n) is 6.39. The zero-order chi connectivity index (χ0) is 41.4. The van der Waals surface area contributed by atoms with Crippen LogP contribution in [0.25, 0.3) is 0 Å². The van der Waals surface area contributed by atoms with Crippen LogP contribution in [-0.4, -0.2) is 34.9 Å². The van der Waals surface area contributed by atoms with Crippen LogP contribution in [0.2, 0.25) is 0 Å². The van der Waals surface area contributed by atoms with Crippen molar-refractivity contribution in [3.63, 3.8) is 0 Å². The van der Waals surface area contributed by atoms with E-state index < -0.39 is 12.1 Å². The lowest BCUT2D eigenvalue weighted by Crippen LogP contribution is -2.45. The fourth-order valence-corrected chi connectivity index (χ4v) is 6.39. The van der Waals surface area contributed by atoms with Crippen molar-refractivity contribution < 1.29 is 15.0 Å². The number of carbonyl (C=O) groups excluding carboxylic acids is 1. The number of nitrogens with one attached hydrogen (secondary N) is 1. The number of allylic oxidation sites excluding steroid dienone is 17. The van der Waals surface area contributed by atoms with Crippen LogP contribution in [0.3, 0.4) is 0 Å². The minimum absolute atomic E-state index is 0.107. The van der Waals surface area contributed by atoms with Gasteiger partial charge in [0.1, 0.15) is 0 Å². The van der Waals surface area contributed by atoms with Gasteiger partial charge < -0.3 is 15.5 Å². The number of aliphatic hydroxyl groups is 2. The van der Waals surface area contributed by atoms with Crippen molar-refractivity contribution in [2.45, 2.75) is 212 Å². The van der Waals surface area contributed by atoms with Crippen molar-refractivity contribution in [3.05, 3.63) is 109 Å². The summed E-state index contributed by atoms with van der Waals surface area (Å²) < 4.78 is 0. The predicted octanol–water partition coefficient (Wildman–Crippen LogP) is 15.2. The van der Waals surface area contributed by atoms with E-state index in [0.29, 0.717) is 6.42 Å². The number of rotatable bonds is 41. The quantitative estimate of drug-likeness (QED) is 0.0427. The summed E-state index contributed by atoms with van der Waals surface area (Å²) in [5, 5.41) is 23.0. The van der Waals surface area contributed by atoms with E-state index in [9.17, 15) is 15.0 Å². The molecule has 0 saturated heterocycles. The van der Waals surface area contributed by atoms with Crippen LogP contribution in [0, 0.1) is 0 Å². The Bertz CT molecular complexity index is 1120. The zero-order valence-electron chi connectivity index (χ0n) is 37.1. The Labute approximate surface area is 353 Å². The minimum atomic E-state index is -0.889. The van der Waals surface area contributed by atoms with Gasteiger partial charge in [-0.3, -0.25) is 4.79 Å². The van der Waals surface area contributed by atoms with E-state index in [-0.39, 0.29) is 12.5 Å². The number of hydrogen-bond acceptors (Lipinski definition) is 3. The summed E-state index contributed by atoms with van der Waals surface area (Å²) >= 11 is 0. The first-order valence-electron chi connectivity index (χ1n) is 23.6. The van der Waals surface area contributed by atoms with Gasteiger partial charge in [0.25, 0.3) is 0 Å². The van der Waals surface area contributed by atoms with E-state index in [1.807, 2.05) is 6.08 Å². The van der Waals surface area contributed by atoms with Crippen LogP contribution in [0.15, 0.2) is 109 Å². The molecular weight excluding hydrogens is 699 g/mol. The molecule has 0 radical (unpaired) electrons. The first kappa shape index (κ1) is 54.1. The van der Waals surface area contributed by atoms with Gasteiger partial charge in [-0.05, 0) is 96.3 Å². The second-order valence-corrected chi connectivity index (χ2v) is 15.4. The smallest absolute Gasteiger partial charge is 0.220 e. The van der Waals surface area contributed by atoms with Gasteiger partial charge in [-0.25, -0.2) is 0 Å². The van der Waals surface area contributed by atoms with E-state index in [1.165, 1.54) is 83.5 Å². The van der Waals surface area contributed by atoms with Gasteiger partial charge in [-0.15, -0.1) is 0 Å². The molecule has 0 fully saturated rings. The number of hydrogen-bond donors (Lipinski definition) is 3. The molecule has 3 N–H and O–H groups in total. The molecule has 0 spiro atoms. The Morgan fingerprint density at radius 1 is 0.439 bits per heavy atom. The first-order valence-corrected chi connectivity index (χ1v) is 23.6. The molecule has 0 heterocycles. The third-order valence-corrected chi connectivity index (χ3v) is 9.97. The highest BCUT2D eigenvalue weighted by Gasteiger charge is 2.17. The Morgan fingerprint density at radius 2 is 0.789 bits per heavy atom. The molecule has 324 valence electrons. The fraction of sp³-hybridized carbons (Fsp3) is 0.642. The molecule has 57 heavy (non-hydrogen) atoms. The third kappa shape index (κ3) is 44.0. The van der Waals surface area contributed by atoms with Crippen LogP contribution < -0.4 is 5.32 Å². The SMILES string of the molecule is CC/C=C\C/C=C\C/C=C\C/C=C\C/C=C\C/C=C\CCCCCCC(=O)NC(CO)C(O)/C=C/CC/C=C/CC/C=C/CCCCCCCCCCCCCC. The highest BCUT2D eigenvalue weighted by Crippen LogP contribution is 2.13. The summed E-state index contributed by atoms with van der Waals surface area (Å²) in [5.74, 6) is -0.107. The molecule has 2 atom stereocenters.